The first kappa shape index (κ1) is 12.3. The molecule has 0 radical (unpaired) electrons. The van der Waals surface area contributed by atoms with Gasteiger partial charge in [0.05, 0.1) is 6.61 Å². The van der Waals surface area contributed by atoms with Gasteiger partial charge in [0, 0.05) is 18.8 Å². The Morgan fingerprint density at radius 3 is 2.62 bits per heavy atom. The minimum atomic E-state index is -0.789. The van der Waals surface area contributed by atoms with Crippen molar-refractivity contribution in [3.63, 3.8) is 0 Å². The van der Waals surface area contributed by atoms with E-state index in [1.807, 2.05) is 6.92 Å². The van der Waals surface area contributed by atoms with Crippen LogP contribution in [0, 0.1) is 0 Å². The van der Waals surface area contributed by atoms with E-state index in [0.717, 1.165) is 0 Å². The molecule has 0 saturated carbocycles. The molecule has 1 aromatic rings. The molecule has 0 atom stereocenters. The van der Waals surface area contributed by atoms with E-state index >= 15 is 0 Å². The highest BCUT2D eigenvalue weighted by molar-refractivity contribution is 5.91. The van der Waals surface area contributed by atoms with Crippen LogP contribution in [0.5, 0.6) is 5.75 Å². The van der Waals surface area contributed by atoms with Crippen molar-refractivity contribution in [2.24, 2.45) is 7.05 Å². The summed E-state index contributed by atoms with van der Waals surface area (Å²) in [4.78, 5) is 23.2. The number of nitrogens with zero attached hydrogens (tertiary/aromatic N) is 1. The molecule has 0 aliphatic carbocycles. The van der Waals surface area contributed by atoms with Crippen LogP contribution in [0.2, 0.25) is 0 Å². The zero-order valence-electron chi connectivity index (χ0n) is 9.61. The number of aromatic hydroxyl groups is 1. The van der Waals surface area contributed by atoms with Crippen molar-refractivity contribution in [2.75, 3.05) is 6.61 Å². The lowest BCUT2D eigenvalue weighted by molar-refractivity contribution is 0.0520. The molecule has 0 spiro atoms. The Morgan fingerprint density at radius 2 is 2.12 bits per heavy atom. The normalized spacial score (nSPS) is 10.2. The monoisotopic (exact) mass is 225 g/mol. The zero-order valence-corrected chi connectivity index (χ0v) is 9.61. The Morgan fingerprint density at radius 1 is 1.50 bits per heavy atom. The van der Waals surface area contributed by atoms with Crippen LogP contribution in [0.3, 0.4) is 0 Å². The van der Waals surface area contributed by atoms with Gasteiger partial charge in [-0.15, -0.1) is 0 Å². The van der Waals surface area contributed by atoms with Gasteiger partial charge in [-0.25, -0.2) is 4.79 Å². The van der Waals surface area contributed by atoms with Crippen LogP contribution < -0.4 is 5.56 Å². The fraction of sp³-hybridized carbons (Fsp3) is 0.455. The minimum absolute atomic E-state index is 0.164. The molecule has 0 amide bonds. The molecule has 1 rings (SSSR count). The second-order valence-corrected chi connectivity index (χ2v) is 3.33. The Labute approximate surface area is 93.3 Å². The second kappa shape index (κ2) is 4.83. The van der Waals surface area contributed by atoms with Crippen LogP contribution in [0.4, 0.5) is 0 Å². The predicted molar refractivity (Wildman–Crippen MR) is 58.7 cm³/mol. The summed E-state index contributed by atoms with van der Waals surface area (Å²) in [5.74, 6) is -1.11. The largest absolute Gasteiger partial charge is 0.507 e. The Hall–Kier alpha value is -1.78. The van der Waals surface area contributed by atoms with Crippen molar-refractivity contribution < 1.29 is 14.6 Å². The molecule has 0 aromatic carbocycles. The van der Waals surface area contributed by atoms with Gasteiger partial charge in [0.15, 0.2) is 5.56 Å². The smallest absolute Gasteiger partial charge is 0.347 e. The lowest BCUT2D eigenvalue weighted by Crippen LogP contribution is -2.27. The number of ether oxygens (including phenoxy) is 1. The zero-order chi connectivity index (χ0) is 12.3. The number of carbonyl (C=O) groups is 1. The molecule has 1 aromatic heterocycles. The van der Waals surface area contributed by atoms with Crippen molar-refractivity contribution in [3.05, 3.63) is 27.7 Å². The van der Waals surface area contributed by atoms with Crippen LogP contribution in [0.25, 0.3) is 0 Å². The lowest BCUT2D eigenvalue weighted by atomic mass is 10.2. The molecule has 0 fully saturated rings. The van der Waals surface area contributed by atoms with Crippen LogP contribution >= 0.6 is 0 Å². The highest BCUT2D eigenvalue weighted by atomic mass is 16.5. The summed E-state index contributed by atoms with van der Waals surface area (Å²) in [5.41, 5.74) is -0.174. The fourth-order valence-corrected chi connectivity index (χ4v) is 1.47. The van der Waals surface area contributed by atoms with E-state index in [1.54, 1.807) is 14.0 Å². The van der Waals surface area contributed by atoms with E-state index in [-0.39, 0.29) is 17.9 Å². The number of aryl methyl sites for hydroxylation is 1. The summed E-state index contributed by atoms with van der Waals surface area (Å²) >= 11 is 0. The maximum absolute atomic E-state index is 11.8. The summed E-state index contributed by atoms with van der Waals surface area (Å²) in [5, 5.41) is 9.61. The van der Waals surface area contributed by atoms with Gasteiger partial charge in [0.25, 0.3) is 5.56 Å². The summed E-state index contributed by atoms with van der Waals surface area (Å²) in [7, 11) is 1.56. The minimum Gasteiger partial charge on any atom is -0.507 e. The van der Waals surface area contributed by atoms with Crippen molar-refractivity contribution in [3.8, 4) is 5.75 Å². The van der Waals surface area contributed by atoms with E-state index in [2.05, 4.69) is 0 Å². The first-order valence-corrected chi connectivity index (χ1v) is 5.11. The molecule has 1 N–H and O–H groups in total. The Balaban J connectivity index is 3.37. The van der Waals surface area contributed by atoms with Gasteiger partial charge in [-0.3, -0.25) is 4.79 Å². The number of pyridine rings is 1. The average Bonchev–Trinajstić information content (AvgIpc) is 2.24. The number of rotatable bonds is 3. The predicted octanol–water partition coefficient (Wildman–Crippen LogP) is 0.830. The molecule has 0 aliphatic rings. The number of carbonyl (C=O) groups excluding carboxylic acids is 1. The SMILES string of the molecule is CCOC(=O)c1c(O)cc(CC)n(C)c1=O. The van der Waals surface area contributed by atoms with Crippen molar-refractivity contribution in [2.45, 2.75) is 20.3 Å². The highest BCUT2D eigenvalue weighted by Crippen LogP contribution is 2.15. The number of hydrogen-bond acceptors (Lipinski definition) is 4. The Kier molecular flexibility index (Phi) is 3.71. The van der Waals surface area contributed by atoms with Crippen LogP contribution in [0.15, 0.2) is 10.9 Å². The van der Waals surface area contributed by atoms with Crippen LogP contribution in [0.1, 0.15) is 29.9 Å². The van der Waals surface area contributed by atoms with E-state index in [0.29, 0.717) is 12.1 Å². The second-order valence-electron chi connectivity index (χ2n) is 3.33. The van der Waals surface area contributed by atoms with Gasteiger partial charge >= 0.3 is 5.97 Å². The first-order chi connectivity index (χ1) is 7.52. The molecule has 0 aliphatic heterocycles. The topological polar surface area (TPSA) is 68.5 Å². The molecular weight excluding hydrogens is 210 g/mol. The number of aromatic nitrogens is 1. The molecule has 5 nitrogen and oxygen atoms in total. The third kappa shape index (κ3) is 2.08. The molecule has 0 unspecified atom stereocenters. The summed E-state index contributed by atoms with van der Waals surface area (Å²) in [6, 6.07) is 1.41. The van der Waals surface area contributed by atoms with Gasteiger partial charge in [-0.1, -0.05) is 6.92 Å². The van der Waals surface area contributed by atoms with Crippen molar-refractivity contribution in [1.29, 1.82) is 0 Å². The fourth-order valence-electron chi connectivity index (χ4n) is 1.47. The highest BCUT2D eigenvalue weighted by Gasteiger charge is 2.19. The number of hydrogen-bond donors (Lipinski definition) is 1. The van der Waals surface area contributed by atoms with Gasteiger partial charge in [-0.2, -0.15) is 0 Å². The third-order valence-corrected chi connectivity index (χ3v) is 2.35. The van der Waals surface area contributed by atoms with Crippen LogP contribution in [-0.2, 0) is 18.2 Å². The van der Waals surface area contributed by atoms with Crippen molar-refractivity contribution >= 4 is 5.97 Å². The van der Waals surface area contributed by atoms with E-state index in [4.69, 9.17) is 4.74 Å². The molecule has 16 heavy (non-hydrogen) atoms. The average molecular weight is 225 g/mol. The molecule has 5 heteroatoms. The molecule has 1 heterocycles. The summed E-state index contributed by atoms with van der Waals surface area (Å²) < 4.78 is 6.05. The standard InChI is InChI=1S/C11H15NO4/c1-4-7-6-8(13)9(10(14)12(7)3)11(15)16-5-2/h6,13H,4-5H2,1-3H3. The number of esters is 1. The van der Waals surface area contributed by atoms with Crippen LogP contribution in [-0.4, -0.2) is 22.2 Å². The quantitative estimate of drug-likeness (QED) is 0.773. The lowest BCUT2D eigenvalue weighted by Gasteiger charge is -2.10. The maximum atomic E-state index is 11.8. The molecule has 88 valence electrons. The van der Waals surface area contributed by atoms with Gasteiger partial charge in [0.2, 0.25) is 0 Å². The first-order valence-electron chi connectivity index (χ1n) is 5.11. The molecular formula is C11H15NO4. The van der Waals surface area contributed by atoms with Gasteiger partial charge in [0.1, 0.15) is 5.75 Å². The van der Waals surface area contributed by atoms with E-state index < -0.39 is 11.5 Å². The van der Waals surface area contributed by atoms with Crippen molar-refractivity contribution in [1.82, 2.24) is 4.57 Å². The maximum Gasteiger partial charge on any atom is 0.347 e. The van der Waals surface area contributed by atoms with Gasteiger partial charge in [-0.05, 0) is 13.3 Å². The van der Waals surface area contributed by atoms with Gasteiger partial charge < -0.3 is 14.4 Å². The molecule has 0 saturated heterocycles. The summed E-state index contributed by atoms with van der Waals surface area (Å²) in [6.45, 7) is 3.66. The molecule has 0 bridgehead atoms. The Bertz CT molecular complexity index is 462. The third-order valence-electron chi connectivity index (χ3n) is 2.35. The summed E-state index contributed by atoms with van der Waals surface area (Å²) in [6.07, 6.45) is 0.600. The van der Waals surface area contributed by atoms with E-state index in [9.17, 15) is 14.7 Å². The van der Waals surface area contributed by atoms with E-state index in [1.165, 1.54) is 10.6 Å².